The van der Waals surface area contributed by atoms with Crippen LogP contribution in [0.15, 0.2) is 28.7 Å². The molecule has 1 aromatic carbocycles. The second-order valence-electron chi connectivity index (χ2n) is 4.18. The van der Waals surface area contributed by atoms with E-state index in [0.717, 1.165) is 24.1 Å². The lowest BCUT2D eigenvalue weighted by Gasteiger charge is -2.08. The zero-order chi connectivity index (χ0) is 12.1. The topological polar surface area (TPSA) is 35.5 Å². The summed E-state index contributed by atoms with van der Waals surface area (Å²) in [7, 11) is 0. The first-order valence-electron chi connectivity index (χ1n) is 5.70. The molecule has 1 aliphatic heterocycles. The smallest absolute Gasteiger partial charge is 0.188 e. The molecule has 1 aliphatic rings. The van der Waals surface area contributed by atoms with Crippen LogP contribution in [-0.4, -0.2) is 32.2 Å². The van der Waals surface area contributed by atoms with Crippen LogP contribution in [-0.2, 0) is 9.47 Å². The summed E-state index contributed by atoms with van der Waals surface area (Å²) in [6, 6.07) is 7.36. The Labute approximate surface area is 109 Å². The maximum atomic E-state index is 11.8. The molecule has 2 rings (SSSR count). The normalized spacial score (nSPS) is 19.5. The number of ketones is 1. The largest absolute Gasteiger partial charge is 0.381 e. The van der Waals surface area contributed by atoms with Gasteiger partial charge in [0.25, 0.3) is 0 Å². The van der Waals surface area contributed by atoms with Gasteiger partial charge in [0.15, 0.2) is 5.78 Å². The quantitative estimate of drug-likeness (QED) is 0.784. The van der Waals surface area contributed by atoms with Gasteiger partial charge in [0.05, 0.1) is 13.2 Å². The molecule has 0 aromatic heterocycles. The van der Waals surface area contributed by atoms with Gasteiger partial charge in [-0.1, -0.05) is 28.1 Å². The summed E-state index contributed by atoms with van der Waals surface area (Å²) in [4.78, 5) is 11.8. The molecule has 17 heavy (non-hydrogen) atoms. The molecule has 0 amide bonds. The Balaban J connectivity index is 1.77. The maximum absolute atomic E-state index is 11.8. The fourth-order valence-electron chi connectivity index (χ4n) is 1.78. The van der Waals surface area contributed by atoms with Gasteiger partial charge < -0.3 is 9.47 Å². The Bertz CT molecular complexity index is 386. The molecule has 1 atom stereocenters. The zero-order valence-electron chi connectivity index (χ0n) is 9.52. The van der Waals surface area contributed by atoms with E-state index < -0.39 is 0 Å². The fraction of sp³-hybridized carbons (Fsp3) is 0.462. The average molecular weight is 299 g/mol. The van der Waals surface area contributed by atoms with Crippen molar-refractivity contribution < 1.29 is 14.3 Å². The Hall–Kier alpha value is -0.710. The van der Waals surface area contributed by atoms with Crippen molar-refractivity contribution in [3.63, 3.8) is 0 Å². The SMILES string of the molecule is O=C(COCC1CCOC1)c1cccc(Br)c1. The van der Waals surface area contributed by atoms with Crippen LogP contribution in [0.4, 0.5) is 0 Å². The van der Waals surface area contributed by atoms with Crippen molar-refractivity contribution in [2.75, 3.05) is 26.4 Å². The van der Waals surface area contributed by atoms with Gasteiger partial charge in [-0.05, 0) is 18.6 Å². The van der Waals surface area contributed by atoms with Gasteiger partial charge in [0.2, 0.25) is 0 Å². The highest BCUT2D eigenvalue weighted by atomic mass is 79.9. The van der Waals surface area contributed by atoms with E-state index in [0.29, 0.717) is 18.1 Å². The Morgan fingerprint density at radius 2 is 2.41 bits per heavy atom. The number of hydrogen-bond donors (Lipinski definition) is 0. The highest BCUT2D eigenvalue weighted by Gasteiger charge is 2.16. The van der Waals surface area contributed by atoms with E-state index in [1.54, 1.807) is 6.07 Å². The van der Waals surface area contributed by atoms with E-state index in [2.05, 4.69) is 15.9 Å². The third-order valence-electron chi connectivity index (χ3n) is 2.76. The van der Waals surface area contributed by atoms with Crippen molar-refractivity contribution in [1.82, 2.24) is 0 Å². The number of carbonyl (C=O) groups excluding carboxylic acids is 1. The predicted octanol–water partition coefficient (Wildman–Crippen LogP) is 2.68. The van der Waals surface area contributed by atoms with E-state index >= 15 is 0 Å². The van der Waals surface area contributed by atoms with E-state index in [4.69, 9.17) is 9.47 Å². The number of rotatable bonds is 5. The van der Waals surface area contributed by atoms with Crippen LogP contribution >= 0.6 is 15.9 Å². The minimum absolute atomic E-state index is 0.0187. The minimum Gasteiger partial charge on any atom is -0.381 e. The van der Waals surface area contributed by atoms with Crippen molar-refractivity contribution in [1.29, 1.82) is 0 Å². The molecule has 0 aliphatic carbocycles. The van der Waals surface area contributed by atoms with Crippen LogP contribution in [0.2, 0.25) is 0 Å². The number of Topliss-reactive ketones (excluding diaryl/α,β-unsaturated/α-hetero) is 1. The summed E-state index contributed by atoms with van der Waals surface area (Å²) in [5, 5.41) is 0. The monoisotopic (exact) mass is 298 g/mol. The molecule has 0 spiro atoms. The second kappa shape index (κ2) is 6.28. The summed E-state index contributed by atoms with van der Waals surface area (Å²) >= 11 is 3.34. The fourth-order valence-corrected chi connectivity index (χ4v) is 2.18. The van der Waals surface area contributed by atoms with Gasteiger partial charge in [0, 0.05) is 22.6 Å². The van der Waals surface area contributed by atoms with Gasteiger partial charge in [0.1, 0.15) is 6.61 Å². The molecule has 0 bridgehead atoms. The second-order valence-corrected chi connectivity index (χ2v) is 5.09. The van der Waals surface area contributed by atoms with Gasteiger partial charge in [-0.15, -0.1) is 0 Å². The molecule has 4 heteroatoms. The van der Waals surface area contributed by atoms with Crippen molar-refractivity contribution in [2.24, 2.45) is 5.92 Å². The molecule has 0 N–H and O–H groups in total. The number of ether oxygens (including phenoxy) is 2. The third-order valence-corrected chi connectivity index (χ3v) is 3.25. The van der Waals surface area contributed by atoms with Crippen LogP contribution in [0, 0.1) is 5.92 Å². The van der Waals surface area contributed by atoms with Crippen molar-refractivity contribution in [3.8, 4) is 0 Å². The maximum Gasteiger partial charge on any atom is 0.188 e. The summed E-state index contributed by atoms with van der Waals surface area (Å²) in [5.74, 6) is 0.468. The standard InChI is InChI=1S/C13H15BrO3/c14-12-3-1-2-11(6-12)13(15)9-17-8-10-4-5-16-7-10/h1-3,6,10H,4-5,7-9H2. The summed E-state index contributed by atoms with van der Waals surface area (Å²) in [5.41, 5.74) is 0.682. The molecule has 1 aromatic rings. The lowest BCUT2D eigenvalue weighted by molar-refractivity contribution is 0.0651. The molecule has 1 saturated heterocycles. The van der Waals surface area contributed by atoms with Gasteiger partial charge >= 0.3 is 0 Å². The van der Waals surface area contributed by atoms with Crippen LogP contribution in [0.25, 0.3) is 0 Å². The minimum atomic E-state index is 0.0187. The average Bonchev–Trinajstić information content (AvgIpc) is 2.82. The molecule has 3 nitrogen and oxygen atoms in total. The van der Waals surface area contributed by atoms with Gasteiger partial charge in [-0.2, -0.15) is 0 Å². The number of carbonyl (C=O) groups is 1. The highest BCUT2D eigenvalue weighted by molar-refractivity contribution is 9.10. The van der Waals surface area contributed by atoms with Crippen molar-refractivity contribution >= 4 is 21.7 Å². The molecule has 92 valence electrons. The highest BCUT2D eigenvalue weighted by Crippen LogP contribution is 2.14. The van der Waals surface area contributed by atoms with Gasteiger partial charge in [-0.25, -0.2) is 0 Å². The van der Waals surface area contributed by atoms with Crippen molar-refractivity contribution in [2.45, 2.75) is 6.42 Å². The van der Waals surface area contributed by atoms with E-state index in [9.17, 15) is 4.79 Å². The van der Waals surface area contributed by atoms with E-state index in [-0.39, 0.29) is 12.4 Å². The lowest BCUT2D eigenvalue weighted by Crippen LogP contribution is -2.15. The molecule has 1 unspecified atom stereocenters. The van der Waals surface area contributed by atoms with Crippen LogP contribution in [0.3, 0.4) is 0 Å². The Morgan fingerprint density at radius 3 is 3.12 bits per heavy atom. The zero-order valence-corrected chi connectivity index (χ0v) is 11.1. The first-order chi connectivity index (χ1) is 8.25. The van der Waals surface area contributed by atoms with E-state index in [1.807, 2.05) is 18.2 Å². The predicted molar refractivity (Wildman–Crippen MR) is 68.2 cm³/mol. The van der Waals surface area contributed by atoms with Gasteiger partial charge in [-0.3, -0.25) is 4.79 Å². The Morgan fingerprint density at radius 1 is 1.53 bits per heavy atom. The van der Waals surface area contributed by atoms with Crippen LogP contribution in [0.1, 0.15) is 16.8 Å². The third kappa shape index (κ3) is 3.91. The molecule has 1 fully saturated rings. The van der Waals surface area contributed by atoms with Crippen molar-refractivity contribution in [3.05, 3.63) is 34.3 Å². The number of hydrogen-bond acceptors (Lipinski definition) is 3. The number of halogens is 1. The summed E-state index contributed by atoms with van der Waals surface area (Å²) < 4.78 is 11.6. The molecule has 0 saturated carbocycles. The number of benzene rings is 1. The molecular formula is C13H15BrO3. The van der Waals surface area contributed by atoms with Crippen LogP contribution < -0.4 is 0 Å². The summed E-state index contributed by atoms with van der Waals surface area (Å²) in [6.07, 6.45) is 1.03. The van der Waals surface area contributed by atoms with Crippen LogP contribution in [0.5, 0.6) is 0 Å². The molecule has 0 radical (unpaired) electrons. The first-order valence-corrected chi connectivity index (χ1v) is 6.49. The first kappa shape index (κ1) is 12.7. The molecule has 1 heterocycles. The van der Waals surface area contributed by atoms with E-state index in [1.165, 1.54) is 0 Å². The summed E-state index contributed by atoms with van der Waals surface area (Å²) in [6.45, 7) is 2.32. The molecular weight excluding hydrogens is 284 g/mol. The Kier molecular flexibility index (Phi) is 4.71. The lowest BCUT2D eigenvalue weighted by atomic mass is 10.1.